The SMILES string of the molecule is COc1ccc(CN2CC(c3nc4ccccc4n3Cc3ccc(Cl)c(Cl)c3)CC2=O)cc1. The van der Waals surface area contributed by atoms with Crippen LogP contribution in [0.1, 0.15) is 29.3 Å². The molecule has 3 aromatic carbocycles. The minimum atomic E-state index is 0.0194. The van der Waals surface area contributed by atoms with Crippen LogP contribution >= 0.6 is 23.2 Å². The molecule has 0 saturated carbocycles. The summed E-state index contributed by atoms with van der Waals surface area (Å²) in [5.74, 6) is 1.89. The molecule has 0 bridgehead atoms. The second kappa shape index (κ2) is 9.08. The van der Waals surface area contributed by atoms with E-state index in [1.54, 1.807) is 7.11 Å². The lowest BCUT2D eigenvalue weighted by atomic mass is 10.1. The monoisotopic (exact) mass is 479 g/mol. The van der Waals surface area contributed by atoms with E-state index in [1.807, 2.05) is 65.6 Å². The Morgan fingerprint density at radius 2 is 1.73 bits per heavy atom. The third kappa shape index (κ3) is 4.43. The van der Waals surface area contributed by atoms with Gasteiger partial charge in [0, 0.05) is 32.0 Å². The highest BCUT2D eigenvalue weighted by Gasteiger charge is 2.34. The fourth-order valence-corrected chi connectivity index (χ4v) is 4.76. The highest BCUT2D eigenvalue weighted by atomic mass is 35.5. The van der Waals surface area contributed by atoms with Gasteiger partial charge in [0.2, 0.25) is 5.91 Å². The van der Waals surface area contributed by atoms with Crippen LogP contribution in [0, 0.1) is 0 Å². The van der Waals surface area contributed by atoms with E-state index in [-0.39, 0.29) is 11.8 Å². The number of carbonyl (C=O) groups is 1. The summed E-state index contributed by atoms with van der Waals surface area (Å²) in [7, 11) is 1.65. The van der Waals surface area contributed by atoms with Crippen LogP contribution in [0.3, 0.4) is 0 Å². The smallest absolute Gasteiger partial charge is 0.223 e. The largest absolute Gasteiger partial charge is 0.497 e. The van der Waals surface area contributed by atoms with Crippen LogP contribution in [-0.2, 0) is 17.9 Å². The fraction of sp³-hybridized carbons (Fsp3) is 0.231. The van der Waals surface area contributed by atoms with Crippen molar-refractivity contribution in [1.29, 1.82) is 0 Å². The van der Waals surface area contributed by atoms with Gasteiger partial charge in [0.15, 0.2) is 0 Å². The van der Waals surface area contributed by atoms with Crippen molar-refractivity contribution in [2.24, 2.45) is 0 Å². The van der Waals surface area contributed by atoms with E-state index < -0.39 is 0 Å². The van der Waals surface area contributed by atoms with Crippen LogP contribution in [0.5, 0.6) is 5.75 Å². The molecule has 0 N–H and O–H groups in total. The molecule has 1 aliphatic rings. The third-order valence-electron chi connectivity index (χ3n) is 6.12. The summed E-state index contributed by atoms with van der Waals surface area (Å²) in [6.07, 6.45) is 0.445. The first kappa shape index (κ1) is 21.8. The number of imidazole rings is 1. The van der Waals surface area contributed by atoms with Crippen LogP contribution in [0.2, 0.25) is 10.0 Å². The maximum atomic E-state index is 12.9. The first-order valence-corrected chi connectivity index (χ1v) is 11.6. The molecule has 1 amide bonds. The number of methoxy groups -OCH3 is 1. The van der Waals surface area contributed by atoms with Crippen molar-refractivity contribution in [3.63, 3.8) is 0 Å². The Morgan fingerprint density at radius 1 is 0.970 bits per heavy atom. The van der Waals surface area contributed by atoms with E-state index >= 15 is 0 Å². The number of fused-ring (bicyclic) bond motifs is 1. The molecule has 0 aliphatic carbocycles. The van der Waals surface area contributed by atoms with E-state index in [0.717, 1.165) is 33.7 Å². The molecule has 4 aromatic rings. The summed E-state index contributed by atoms with van der Waals surface area (Å²) >= 11 is 12.4. The lowest BCUT2D eigenvalue weighted by Crippen LogP contribution is -2.24. The Labute approximate surface area is 202 Å². The van der Waals surface area contributed by atoms with Crippen LogP contribution in [0.25, 0.3) is 11.0 Å². The van der Waals surface area contributed by atoms with Crippen molar-refractivity contribution in [3.8, 4) is 5.75 Å². The van der Waals surface area contributed by atoms with Gasteiger partial charge in [-0.25, -0.2) is 4.98 Å². The number of aromatic nitrogens is 2. The summed E-state index contributed by atoms with van der Waals surface area (Å²) < 4.78 is 7.43. The van der Waals surface area contributed by atoms with Gasteiger partial charge in [-0.2, -0.15) is 0 Å². The Hall–Kier alpha value is -3.02. The quantitative estimate of drug-likeness (QED) is 0.345. The maximum absolute atomic E-state index is 12.9. The molecule has 1 fully saturated rings. The van der Waals surface area contributed by atoms with E-state index in [9.17, 15) is 4.79 Å². The van der Waals surface area contributed by atoms with Crippen molar-refractivity contribution < 1.29 is 9.53 Å². The number of hydrogen-bond acceptors (Lipinski definition) is 3. The lowest BCUT2D eigenvalue weighted by Gasteiger charge is -2.18. The first-order chi connectivity index (χ1) is 16.0. The normalized spacial score (nSPS) is 16.0. The van der Waals surface area contributed by atoms with Gasteiger partial charge in [-0.1, -0.05) is 53.5 Å². The van der Waals surface area contributed by atoms with Gasteiger partial charge in [0.1, 0.15) is 11.6 Å². The van der Waals surface area contributed by atoms with Gasteiger partial charge in [0.05, 0.1) is 28.2 Å². The number of ether oxygens (including phenoxy) is 1. The maximum Gasteiger partial charge on any atom is 0.223 e. The van der Waals surface area contributed by atoms with Crippen molar-refractivity contribution in [2.45, 2.75) is 25.4 Å². The Morgan fingerprint density at radius 3 is 2.48 bits per heavy atom. The van der Waals surface area contributed by atoms with Crippen molar-refractivity contribution in [1.82, 2.24) is 14.5 Å². The zero-order chi connectivity index (χ0) is 22.9. The number of halogens is 2. The van der Waals surface area contributed by atoms with E-state index in [2.05, 4.69) is 10.6 Å². The first-order valence-electron chi connectivity index (χ1n) is 10.8. The predicted molar refractivity (Wildman–Crippen MR) is 131 cm³/mol. The molecule has 1 aliphatic heterocycles. The second-order valence-electron chi connectivity index (χ2n) is 8.32. The molecule has 1 saturated heterocycles. The van der Waals surface area contributed by atoms with E-state index in [4.69, 9.17) is 32.9 Å². The number of amides is 1. The van der Waals surface area contributed by atoms with Gasteiger partial charge in [-0.15, -0.1) is 0 Å². The van der Waals surface area contributed by atoms with Crippen LogP contribution < -0.4 is 4.74 Å². The number of benzene rings is 3. The van der Waals surface area contributed by atoms with Crippen LogP contribution in [-0.4, -0.2) is 34.0 Å². The van der Waals surface area contributed by atoms with Crippen LogP contribution in [0.4, 0.5) is 0 Å². The van der Waals surface area contributed by atoms with Crippen molar-refractivity contribution >= 4 is 40.1 Å². The van der Waals surface area contributed by atoms with Gasteiger partial charge in [-0.05, 0) is 47.5 Å². The highest BCUT2D eigenvalue weighted by molar-refractivity contribution is 6.42. The Balaban J connectivity index is 1.43. The molecule has 0 spiro atoms. The number of likely N-dealkylation sites (tertiary alicyclic amines) is 1. The van der Waals surface area contributed by atoms with Gasteiger partial charge < -0.3 is 14.2 Å². The Kier molecular flexibility index (Phi) is 6.00. The summed E-state index contributed by atoms with van der Waals surface area (Å²) in [6, 6.07) is 21.6. The van der Waals surface area contributed by atoms with Crippen LogP contribution in [0.15, 0.2) is 66.7 Å². The van der Waals surface area contributed by atoms with Gasteiger partial charge in [-0.3, -0.25) is 4.79 Å². The highest BCUT2D eigenvalue weighted by Crippen LogP contribution is 2.32. The number of hydrogen-bond donors (Lipinski definition) is 0. The molecular weight excluding hydrogens is 457 g/mol. The average molecular weight is 480 g/mol. The van der Waals surface area contributed by atoms with E-state index in [1.165, 1.54) is 0 Å². The van der Waals surface area contributed by atoms with Crippen molar-refractivity contribution in [3.05, 3.63) is 93.7 Å². The second-order valence-corrected chi connectivity index (χ2v) is 9.13. The standard InChI is InChI=1S/C26H23Cl2N3O2/c1-33-20-9-6-17(7-10-20)14-30-16-19(13-25(30)32)26-29-23-4-2-3-5-24(23)31(26)15-18-8-11-21(27)22(28)12-18/h2-12,19H,13-16H2,1H3. The summed E-state index contributed by atoms with van der Waals surface area (Å²) in [6.45, 7) is 1.82. The van der Waals surface area contributed by atoms with Gasteiger partial charge >= 0.3 is 0 Å². The molecule has 5 rings (SSSR count). The molecule has 1 aromatic heterocycles. The molecule has 168 valence electrons. The summed E-state index contributed by atoms with van der Waals surface area (Å²) in [5.41, 5.74) is 4.08. The van der Waals surface area contributed by atoms with E-state index in [0.29, 0.717) is 36.1 Å². The summed E-state index contributed by atoms with van der Waals surface area (Å²) in [4.78, 5) is 19.7. The predicted octanol–water partition coefficient (Wildman–Crippen LogP) is 5.92. The third-order valence-corrected chi connectivity index (χ3v) is 6.86. The molecule has 2 heterocycles. The molecular formula is C26H23Cl2N3O2. The van der Waals surface area contributed by atoms with Crippen molar-refractivity contribution in [2.75, 3.05) is 13.7 Å². The average Bonchev–Trinajstić information content (AvgIpc) is 3.37. The lowest BCUT2D eigenvalue weighted by molar-refractivity contribution is -0.128. The zero-order valence-corrected chi connectivity index (χ0v) is 19.7. The molecule has 1 unspecified atom stereocenters. The summed E-state index contributed by atoms with van der Waals surface area (Å²) in [5, 5.41) is 1.06. The minimum absolute atomic E-state index is 0.0194. The molecule has 5 nitrogen and oxygen atoms in total. The molecule has 1 atom stereocenters. The zero-order valence-electron chi connectivity index (χ0n) is 18.2. The molecule has 0 radical (unpaired) electrons. The van der Waals surface area contributed by atoms with Gasteiger partial charge in [0.25, 0.3) is 0 Å². The number of rotatable bonds is 6. The molecule has 33 heavy (non-hydrogen) atoms. The number of nitrogens with zero attached hydrogens (tertiary/aromatic N) is 3. The minimum Gasteiger partial charge on any atom is -0.497 e. The number of carbonyl (C=O) groups excluding carboxylic acids is 1. The fourth-order valence-electron chi connectivity index (χ4n) is 4.44. The molecule has 7 heteroatoms. The topological polar surface area (TPSA) is 47.4 Å². The Bertz CT molecular complexity index is 1320. The number of para-hydroxylation sites is 2.